The van der Waals surface area contributed by atoms with E-state index in [9.17, 15) is 13.2 Å². The van der Waals surface area contributed by atoms with Gasteiger partial charge < -0.3 is 10.1 Å². The first-order valence-corrected chi connectivity index (χ1v) is 14.1. The summed E-state index contributed by atoms with van der Waals surface area (Å²) < 4.78 is 34.9. The maximum Gasteiger partial charge on any atom is 0.264 e. The van der Waals surface area contributed by atoms with Gasteiger partial charge in [0.25, 0.3) is 15.9 Å². The van der Waals surface area contributed by atoms with Gasteiger partial charge in [-0.2, -0.15) is 0 Å². The molecule has 0 aliphatic carbocycles. The van der Waals surface area contributed by atoms with Crippen molar-refractivity contribution in [1.29, 1.82) is 0 Å². The van der Waals surface area contributed by atoms with Gasteiger partial charge >= 0.3 is 0 Å². The quantitative estimate of drug-likeness (QED) is 0.221. The van der Waals surface area contributed by atoms with Crippen molar-refractivity contribution in [2.45, 2.75) is 11.4 Å². The molecule has 0 aliphatic rings. The maximum absolute atomic E-state index is 13.8. The third-order valence-electron chi connectivity index (χ3n) is 6.31. The molecule has 0 aromatic heterocycles. The van der Waals surface area contributed by atoms with Crippen molar-refractivity contribution in [2.75, 3.05) is 17.5 Å². The van der Waals surface area contributed by atoms with Crippen LogP contribution in [0, 0.1) is 0 Å². The van der Waals surface area contributed by atoms with Gasteiger partial charge in [-0.15, -0.1) is 0 Å². The van der Waals surface area contributed by atoms with Gasteiger partial charge in [0.05, 0.1) is 29.2 Å². The lowest BCUT2D eigenvalue weighted by molar-refractivity contribution is 0.0947. The number of ether oxygens (including phenoxy) is 1. The molecule has 196 valence electrons. The summed E-state index contributed by atoms with van der Waals surface area (Å²) in [5.41, 5.74) is 1.37. The molecular weight excluding hydrogens is 508 g/mol. The summed E-state index contributed by atoms with van der Waals surface area (Å²) in [5.74, 6) is 0.360. The number of anilines is 1. The van der Waals surface area contributed by atoms with Gasteiger partial charge in [-0.3, -0.25) is 9.10 Å². The highest BCUT2D eigenvalue weighted by Gasteiger charge is 2.28. The SMILES string of the molecule is O=C(NCCOc1cccc2ccccc12)c1ccccc1N(Cc1ccccc1)S(=O)(=O)c1ccccc1. The van der Waals surface area contributed by atoms with E-state index in [1.807, 2.05) is 72.8 Å². The molecule has 0 bridgehead atoms. The van der Waals surface area contributed by atoms with Gasteiger partial charge in [0.2, 0.25) is 0 Å². The molecule has 5 aromatic rings. The van der Waals surface area contributed by atoms with E-state index >= 15 is 0 Å². The predicted octanol–water partition coefficient (Wildman–Crippen LogP) is 6.04. The van der Waals surface area contributed by atoms with E-state index in [2.05, 4.69) is 5.32 Å². The first-order chi connectivity index (χ1) is 19.0. The number of benzene rings is 5. The van der Waals surface area contributed by atoms with Crippen LogP contribution in [0.3, 0.4) is 0 Å². The number of carbonyl (C=O) groups is 1. The lowest BCUT2D eigenvalue weighted by Gasteiger charge is -2.26. The van der Waals surface area contributed by atoms with E-state index in [-0.39, 0.29) is 36.1 Å². The molecule has 5 rings (SSSR count). The van der Waals surface area contributed by atoms with Crippen LogP contribution in [0.15, 0.2) is 132 Å². The number of sulfonamides is 1. The lowest BCUT2D eigenvalue weighted by atomic mass is 10.1. The minimum atomic E-state index is -3.96. The van der Waals surface area contributed by atoms with Crippen LogP contribution in [0.4, 0.5) is 5.69 Å². The highest BCUT2D eigenvalue weighted by molar-refractivity contribution is 7.92. The fourth-order valence-corrected chi connectivity index (χ4v) is 5.89. The molecule has 0 heterocycles. The minimum absolute atomic E-state index is 0.0759. The monoisotopic (exact) mass is 536 g/mol. The van der Waals surface area contributed by atoms with E-state index < -0.39 is 10.0 Å². The number of carbonyl (C=O) groups excluding carboxylic acids is 1. The molecule has 7 heteroatoms. The van der Waals surface area contributed by atoms with E-state index in [1.165, 1.54) is 4.31 Å². The molecule has 5 aromatic carbocycles. The number of nitrogens with one attached hydrogen (secondary N) is 1. The number of fused-ring (bicyclic) bond motifs is 1. The zero-order valence-electron chi connectivity index (χ0n) is 21.2. The van der Waals surface area contributed by atoms with Crippen LogP contribution in [0.5, 0.6) is 5.75 Å². The number of para-hydroxylation sites is 1. The third kappa shape index (κ3) is 5.94. The van der Waals surface area contributed by atoms with Crippen LogP contribution in [0.1, 0.15) is 15.9 Å². The van der Waals surface area contributed by atoms with Crippen LogP contribution in [-0.4, -0.2) is 27.5 Å². The summed E-state index contributed by atoms with van der Waals surface area (Å²) in [4.78, 5) is 13.5. The minimum Gasteiger partial charge on any atom is -0.491 e. The second-order valence-corrected chi connectivity index (χ2v) is 10.8. The van der Waals surface area contributed by atoms with Crippen LogP contribution in [0.2, 0.25) is 0 Å². The van der Waals surface area contributed by atoms with Crippen molar-refractivity contribution >= 4 is 32.4 Å². The molecule has 0 fully saturated rings. The molecule has 0 unspecified atom stereocenters. The van der Waals surface area contributed by atoms with Gasteiger partial charge in [-0.25, -0.2) is 8.42 Å². The van der Waals surface area contributed by atoms with Gasteiger partial charge in [0, 0.05) is 5.39 Å². The topological polar surface area (TPSA) is 75.7 Å². The average Bonchev–Trinajstić information content (AvgIpc) is 2.99. The van der Waals surface area contributed by atoms with Crippen molar-refractivity contribution in [3.63, 3.8) is 0 Å². The van der Waals surface area contributed by atoms with E-state index in [4.69, 9.17) is 4.74 Å². The predicted molar refractivity (Wildman–Crippen MR) is 154 cm³/mol. The molecule has 0 spiro atoms. The summed E-state index contributed by atoms with van der Waals surface area (Å²) in [6.07, 6.45) is 0. The summed E-state index contributed by atoms with van der Waals surface area (Å²) in [6.45, 7) is 0.588. The summed E-state index contributed by atoms with van der Waals surface area (Å²) in [7, 11) is -3.96. The van der Waals surface area contributed by atoms with Crippen LogP contribution in [0.25, 0.3) is 10.8 Å². The Bertz CT molecular complexity index is 1670. The van der Waals surface area contributed by atoms with Crippen molar-refractivity contribution in [1.82, 2.24) is 5.32 Å². The van der Waals surface area contributed by atoms with Crippen molar-refractivity contribution in [3.8, 4) is 5.75 Å². The van der Waals surface area contributed by atoms with Gasteiger partial charge in [0.15, 0.2) is 0 Å². The first kappa shape index (κ1) is 26.0. The van der Waals surface area contributed by atoms with Crippen LogP contribution < -0.4 is 14.4 Å². The lowest BCUT2D eigenvalue weighted by Crippen LogP contribution is -2.34. The Kier molecular flexibility index (Phi) is 7.89. The second kappa shape index (κ2) is 11.8. The molecule has 0 aliphatic heterocycles. The van der Waals surface area contributed by atoms with Crippen LogP contribution in [-0.2, 0) is 16.6 Å². The van der Waals surface area contributed by atoms with E-state index in [0.29, 0.717) is 5.69 Å². The normalized spacial score (nSPS) is 11.2. The van der Waals surface area contributed by atoms with Gasteiger partial charge in [-0.1, -0.05) is 97.1 Å². The first-order valence-electron chi connectivity index (χ1n) is 12.6. The molecule has 1 amide bonds. The number of nitrogens with zero attached hydrogens (tertiary/aromatic N) is 1. The number of hydrogen-bond acceptors (Lipinski definition) is 4. The van der Waals surface area contributed by atoms with Crippen molar-refractivity contribution < 1.29 is 17.9 Å². The van der Waals surface area contributed by atoms with E-state index in [1.54, 1.807) is 54.6 Å². The Balaban J connectivity index is 1.37. The zero-order valence-corrected chi connectivity index (χ0v) is 22.1. The highest BCUT2D eigenvalue weighted by atomic mass is 32.2. The molecular formula is C32H28N2O4S. The van der Waals surface area contributed by atoms with Gasteiger partial charge in [0.1, 0.15) is 12.4 Å². The van der Waals surface area contributed by atoms with Crippen molar-refractivity contribution in [3.05, 3.63) is 139 Å². The second-order valence-electron chi connectivity index (χ2n) is 8.91. The summed E-state index contributed by atoms with van der Waals surface area (Å²) in [5, 5.41) is 4.96. The largest absolute Gasteiger partial charge is 0.491 e. The number of hydrogen-bond donors (Lipinski definition) is 1. The molecule has 0 atom stereocenters. The molecule has 6 nitrogen and oxygen atoms in total. The average molecular weight is 537 g/mol. The number of amides is 1. The zero-order chi connectivity index (χ0) is 27.1. The highest BCUT2D eigenvalue weighted by Crippen LogP contribution is 2.29. The molecule has 1 N–H and O–H groups in total. The Labute approximate surface area is 228 Å². The molecule has 39 heavy (non-hydrogen) atoms. The Morgan fingerprint density at radius 3 is 2.15 bits per heavy atom. The Hall–Kier alpha value is -4.62. The van der Waals surface area contributed by atoms with Crippen LogP contribution >= 0.6 is 0 Å². The summed E-state index contributed by atoms with van der Waals surface area (Å²) in [6, 6.07) is 38.1. The smallest absolute Gasteiger partial charge is 0.264 e. The van der Waals surface area contributed by atoms with Crippen molar-refractivity contribution in [2.24, 2.45) is 0 Å². The molecule has 0 radical (unpaired) electrons. The Morgan fingerprint density at radius 2 is 1.36 bits per heavy atom. The maximum atomic E-state index is 13.8. The van der Waals surface area contributed by atoms with E-state index in [0.717, 1.165) is 22.1 Å². The fourth-order valence-electron chi connectivity index (χ4n) is 4.39. The Morgan fingerprint density at radius 1 is 0.718 bits per heavy atom. The molecule has 0 saturated heterocycles. The third-order valence-corrected chi connectivity index (χ3v) is 8.09. The summed E-state index contributed by atoms with van der Waals surface area (Å²) >= 11 is 0. The standard InChI is InChI=1S/C32H28N2O4S/c35-32(33-22-23-38-31-21-11-15-26-14-7-8-18-28(26)31)29-19-9-10-20-30(29)34(24-25-12-3-1-4-13-25)39(36,37)27-16-5-2-6-17-27/h1-21H,22-24H2,(H,33,35). The number of rotatable bonds is 10. The molecule has 0 saturated carbocycles. The van der Waals surface area contributed by atoms with Gasteiger partial charge in [-0.05, 0) is 41.3 Å². The fraction of sp³-hybridized carbons (Fsp3) is 0.0938.